The van der Waals surface area contributed by atoms with E-state index >= 15 is 0 Å². The number of carbonyl (C=O) groups excluding carboxylic acids is 1. The lowest BCUT2D eigenvalue weighted by molar-refractivity contribution is 0.101. The summed E-state index contributed by atoms with van der Waals surface area (Å²) in [5.41, 5.74) is 8.48. The molecule has 2 aromatic carbocycles. The van der Waals surface area contributed by atoms with Gasteiger partial charge in [0, 0.05) is 30.3 Å². The highest BCUT2D eigenvalue weighted by molar-refractivity contribution is 6.34. The van der Waals surface area contributed by atoms with Crippen molar-refractivity contribution < 1.29 is 9.18 Å². The molecule has 0 spiro atoms. The van der Waals surface area contributed by atoms with Crippen LogP contribution in [-0.2, 0) is 6.54 Å². The zero-order valence-corrected chi connectivity index (χ0v) is 16.7. The van der Waals surface area contributed by atoms with Gasteiger partial charge >= 0.3 is 0 Å². The summed E-state index contributed by atoms with van der Waals surface area (Å²) in [6, 6.07) is 8.02. The minimum Gasteiger partial charge on any atom is -0.396 e. The number of ketones is 1. The smallest absolute Gasteiger partial charge is 0.159 e. The predicted octanol–water partition coefficient (Wildman–Crippen LogP) is 5.85. The van der Waals surface area contributed by atoms with Gasteiger partial charge in [0.05, 0.1) is 10.7 Å². The number of Topliss-reactive ketones (excluding diaryl/α,β-unsaturated/α-hetero) is 1. The summed E-state index contributed by atoms with van der Waals surface area (Å²) in [4.78, 5) is 13.8. The molecular weight excluding hydrogens is 374 g/mol. The number of carbonyl (C=O) groups is 1. The molecule has 6 heteroatoms. The van der Waals surface area contributed by atoms with Crippen LogP contribution in [-0.4, -0.2) is 17.7 Å². The number of rotatable bonds is 5. The first kappa shape index (κ1) is 20.3. The van der Waals surface area contributed by atoms with Crippen molar-refractivity contribution in [3.8, 4) is 11.1 Å². The van der Waals surface area contributed by atoms with E-state index in [2.05, 4.69) is 0 Å². The van der Waals surface area contributed by atoms with Crippen molar-refractivity contribution in [2.45, 2.75) is 27.3 Å². The van der Waals surface area contributed by atoms with Crippen LogP contribution in [0.25, 0.3) is 11.1 Å². The van der Waals surface area contributed by atoms with Crippen molar-refractivity contribution in [3.63, 3.8) is 0 Å². The molecule has 138 valence electrons. The summed E-state index contributed by atoms with van der Waals surface area (Å²) in [5, 5.41) is 0.954. The van der Waals surface area contributed by atoms with E-state index in [9.17, 15) is 9.18 Å². The van der Waals surface area contributed by atoms with E-state index in [0.29, 0.717) is 33.4 Å². The lowest BCUT2D eigenvalue weighted by atomic mass is 9.97. The second-order valence-corrected chi connectivity index (χ2v) is 7.14. The van der Waals surface area contributed by atoms with Crippen LogP contribution in [0.1, 0.15) is 36.7 Å². The maximum atomic E-state index is 14.5. The van der Waals surface area contributed by atoms with E-state index in [-0.39, 0.29) is 17.0 Å². The molecule has 2 N–H and O–H groups in total. The number of halogens is 3. The van der Waals surface area contributed by atoms with Crippen molar-refractivity contribution in [1.82, 2.24) is 4.90 Å². The monoisotopic (exact) mass is 394 g/mol. The Morgan fingerprint density at radius 3 is 2.42 bits per heavy atom. The van der Waals surface area contributed by atoms with Gasteiger partial charge in [0.2, 0.25) is 0 Å². The van der Waals surface area contributed by atoms with E-state index in [1.165, 1.54) is 13.0 Å². The normalized spacial score (nSPS) is 10.6. The number of nitrogen functional groups attached to an aromatic ring is 1. The summed E-state index contributed by atoms with van der Waals surface area (Å²) in [6.07, 6.45) is 0. The Bertz CT molecular complexity index is 890. The quantitative estimate of drug-likeness (QED) is 0.392. The van der Waals surface area contributed by atoms with Crippen molar-refractivity contribution in [2.24, 2.45) is 0 Å². The summed E-state index contributed by atoms with van der Waals surface area (Å²) >= 11 is 12.9. The standard InChI is InChI=1S/C20H21Cl2FN2O/c1-11(2)20(22)25(4)10-14-8-13(12(3)26)9-16(18(14)21)15-6-5-7-17(24)19(15)23/h5-9H,10,24H2,1-4H3. The zero-order valence-electron chi connectivity index (χ0n) is 15.2. The lowest BCUT2D eigenvalue weighted by Crippen LogP contribution is -2.16. The van der Waals surface area contributed by atoms with Gasteiger partial charge in [0.1, 0.15) is 5.16 Å². The number of benzene rings is 2. The predicted molar refractivity (Wildman–Crippen MR) is 107 cm³/mol. The van der Waals surface area contributed by atoms with Crippen molar-refractivity contribution in [2.75, 3.05) is 12.8 Å². The highest BCUT2D eigenvalue weighted by atomic mass is 35.5. The van der Waals surface area contributed by atoms with E-state index < -0.39 is 5.82 Å². The molecule has 0 aliphatic rings. The maximum absolute atomic E-state index is 14.5. The fourth-order valence-corrected chi connectivity index (χ4v) is 2.99. The van der Waals surface area contributed by atoms with Crippen LogP contribution in [0.5, 0.6) is 0 Å². The molecule has 0 saturated carbocycles. The molecule has 0 saturated heterocycles. The first-order chi connectivity index (χ1) is 12.1. The van der Waals surface area contributed by atoms with Crippen molar-refractivity contribution in [1.29, 1.82) is 0 Å². The Morgan fingerprint density at radius 1 is 1.19 bits per heavy atom. The van der Waals surface area contributed by atoms with Gasteiger partial charge in [0.15, 0.2) is 11.6 Å². The molecular formula is C20H21Cl2FN2O. The third kappa shape index (κ3) is 4.19. The zero-order chi connectivity index (χ0) is 19.6. The van der Waals surface area contributed by atoms with E-state index in [1.807, 2.05) is 25.8 Å². The lowest BCUT2D eigenvalue weighted by Gasteiger charge is -2.22. The average Bonchev–Trinajstić information content (AvgIpc) is 2.58. The molecule has 0 unspecified atom stereocenters. The van der Waals surface area contributed by atoms with Crippen LogP contribution in [0.15, 0.2) is 41.1 Å². The Kier molecular flexibility index (Phi) is 6.32. The Labute approximate surface area is 163 Å². The molecule has 0 amide bonds. The van der Waals surface area contributed by atoms with Gasteiger partial charge in [0.25, 0.3) is 0 Å². The van der Waals surface area contributed by atoms with Crippen LogP contribution < -0.4 is 5.73 Å². The number of hydrogen-bond acceptors (Lipinski definition) is 3. The first-order valence-corrected chi connectivity index (χ1v) is 8.80. The molecule has 2 aromatic rings. The summed E-state index contributed by atoms with van der Waals surface area (Å²) < 4.78 is 14.5. The highest BCUT2D eigenvalue weighted by Gasteiger charge is 2.18. The van der Waals surface area contributed by atoms with Gasteiger partial charge in [-0.05, 0) is 50.1 Å². The van der Waals surface area contributed by atoms with Gasteiger partial charge in [-0.3, -0.25) is 4.79 Å². The fourth-order valence-electron chi connectivity index (χ4n) is 2.66. The van der Waals surface area contributed by atoms with Crippen LogP contribution in [0.4, 0.5) is 10.1 Å². The summed E-state index contributed by atoms with van der Waals surface area (Å²) in [6.45, 7) is 5.64. The molecule has 0 heterocycles. The van der Waals surface area contributed by atoms with Crippen molar-refractivity contribution in [3.05, 3.63) is 63.0 Å². The van der Waals surface area contributed by atoms with Gasteiger partial charge in [-0.2, -0.15) is 0 Å². The molecule has 0 aliphatic carbocycles. The molecule has 0 radical (unpaired) electrons. The molecule has 0 aromatic heterocycles. The van der Waals surface area contributed by atoms with E-state index in [1.54, 1.807) is 24.3 Å². The summed E-state index contributed by atoms with van der Waals surface area (Å²) in [5.74, 6) is -0.693. The van der Waals surface area contributed by atoms with Gasteiger partial charge in [-0.15, -0.1) is 0 Å². The van der Waals surface area contributed by atoms with Crippen LogP contribution in [0, 0.1) is 5.82 Å². The Morgan fingerprint density at radius 2 is 1.85 bits per heavy atom. The number of hydrogen-bond donors (Lipinski definition) is 1. The first-order valence-electron chi connectivity index (χ1n) is 8.05. The molecule has 0 atom stereocenters. The van der Waals surface area contributed by atoms with E-state index in [0.717, 1.165) is 5.57 Å². The third-order valence-corrected chi connectivity index (χ3v) is 5.14. The van der Waals surface area contributed by atoms with Gasteiger partial charge in [-0.25, -0.2) is 4.39 Å². The van der Waals surface area contributed by atoms with Crippen molar-refractivity contribution >= 4 is 34.7 Å². The second-order valence-electron chi connectivity index (χ2n) is 6.41. The Balaban J connectivity index is 2.64. The number of anilines is 1. The third-order valence-electron chi connectivity index (χ3n) is 4.03. The molecule has 0 aliphatic heterocycles. The molecule has 2 rings (SSSR count). The summed E-state index contributed by atoms with van der Waals surface area (Å²) in [7, 11) is 1.83. The van der Waals surface area contributed by atoms with E-state index in [4.69, 9.17) is 28.9 Å². The molecule has 0 bridgehead atoms. The number of nitrogens with zero attached hydrogens (tertiary/aromatic N) is 1. The number of allylic oxidation sites excluding steroid dienone is 1. The second kappa shape index (κ2) is 8.11. The Hall–Kier alpha value is -2.04. The molecule has 3 nitrogen and oxygen atoms in total. The maximum Gasteiger partial charge on any atom is 0.159 e. The average molecular weight is 395 g/mol. The van der Waals surface area contributed by atoms with Gasteiger partial charge in [-0.1, -0.05) is 35.3 Å². The van der Waals surface area contributed by atoms with Crippen LogP contribution >= 0.6 is 23.2 Å². The fraction of sp³-hybridized carbons (Fsp3) is 0.250. The minimum atomic E-state index is -0.559. The highest BCUT2D eigenvalue weighted by Crippen LogP contribution is 2.36. The topological polar surface area (TPSA) is 46.3 Å². The molecule has 0 fully saturated rings. The largest absolute Gasteiger partial charge is 0.396 e. The SMILES string of the molecule is CC(=O)c1cc(CN(C)C(Cl)=C(C)C)c(Cl)c(-c2cccc(N)c2F)c1. The minimum absolute atomic E-state index is 0.0260. The molecule has 26 heavy (non-hydrogen) atoms. The number of nitrogens with two attached hydrogens (primary N) is 1. The van der Waals surface area contributed by atoms with Crippen LogP contribution in [0.3, 0.4) is 0 Å². The van der Waals surface area contributed by atoms with Crippen LogP contribution in [0.2, 0.25) is 5.02 Å². The van der Waals surface area contributed by atoms with Gasteiger partial charge < -0.3 is 10.6 Å².